The Balaban J connectivity index is 1.36. The summed E-state index contributed by atoms with van der Waals surface area (Å²) in [6, 6.07) is 22.2. The number of carbonyl (C=O) groups excluding carboxylic acids is 6. The van der Waals surface area contributed by atoms with Crippen molar-refractivity contribution in [2.45, 2.75) is 123 Å². The number of nitrogens with one attached hydrogen (secondary N) is 1. The summed E-state index contributed by atoms with van der Waals surface area (Å²) in [5, 5.41) is 40.7. The van der Waals surface area contributed by atoms with Crippen molar-refractivity contribution in [1.29, 1.82) is 0 Å². The minimum atomic E-state index is -2.64. The molecule has 3 aromatic carbocycles. The summed E-state index contributed by atoms with van der Waals surface area (Å²) >= 11 is -2.64. The number of hydrogen-bond acceptors (Lipinski definition) is 14. The molecule has 11 atom stereocenters. The van der Waals surface area contributed by atoms with E-state index in [1.54, 1.807) is 74.5 Å². The minimum absolute atomic E-state index is 0.00176. The van der Waals surface area contributed by atoms with Gasteiger partial charge in [-0.05, 0) is 19.1 Å². The maximum atomic E-state index is 15.6. The van der Waals surface area contributed by atoms with E-state index in [9.17, 15) is 39.3 Å². The fraction of sp³-hybridized carbons (Fsp3) is 0.480. The van der Waals surface area contributed by atoms with Crippen molar-refractivity contribution < 1.29 is 67.8 Å². The number of ketones is 1. The van der Waals surface area contributed by atoms with Crippen molar-refractivity contribution in [2.75, 3.05) is 6.61 Å². The predicted octanol–water partition coefficient (Wildman–Crippen LogP) is 4.28. The second kappa shape index (κ2) is 17.9. The molecule has 2 saturated carbocycles. The van der Waals surface area contributed by atoms with E-state index < -0.39 is 131 Å². The summed E-state index contributed by atoms with van der Waals surface area (Å²) in [6.07, 6.45) is -10.5. The molecular weight excluding hydrogens is 957 g/mol. The van der Waals surface area contributed by atoms with E-state index in [2.05, 4.69) is 20.1 Å². The van der Waals surface area contributed by atoms with E-state index in [1.807, 2.05) is 12.1 Å². The first-order valence-electron chi connectivity index (χ1n) is 22.1. The van der Waals surface area contributed by atoms with Gasteiger partial charge in [0.25, 0.3) is 0 Å². The zero-order valence-electron chi connectivity index (χ0n) is 38.7. The normalized spacial score (nSPS) is 30.9. The molecular formula is C50H59NO14Sn. The van der Waals surface area contributed by atoms with Crippen LogP contribution in [0.1, 0.15) is 86.7 Å². The molecule has 1 saturated heterocycles. The number of aliphatic hydroxyl groups is 3. The topological polar surface area (TPSA) is 221 Å². The molecule has 2 bridgehead atoms. The van der Waals surface area contributed by atoms with Gasteiger partial charge in [-0.15, -0.1) is 0 Å². The number of aliphatic hydroxyl groups excluding tert-OH is 2. The number of carbonyl (C=O) groups is 6. The van der Waals surface area contributed by atoms with Crippen LogP contribution >= 0.6 is 0 Å². The van der Waals surface area contributed by atoms with Crippen molar-refractivity contribution in [3.8, 4) is 0 Å². The first-order valence-corrected chi connectivity index (χ1v) is 32.1. The molecule has 66 heavy (non-hydrogen) atoms. The van der Waals surface area contributed by atoms with Crippen molar-refractivity contribution in [3.05, 3.63) is 113 Å². The molecule has 3 aliphatic carbocycles. The number of benzene rings is 3. The number of esters is 4. The predicted molar refractivity (Wildman–Crippen MR) is 241 cm³/mol. The van der Waals surface area contributed by atoms with Gasteiger partial charge in [0.2, 0.25) is 0 Å². The van der Waals surface area contributed by atoms with Crippen LogP contribution in [0.15, 0.2) is 96.1 Å². The number of fused-ring (bicyclic) bond motifs is 5. The molecule has 15 nitrogen and oxygen atoms in total. The smallest absolute Gasteiger partial charge is 0.454 e. The van der Waals surface area contributed by atoms with Crippen molar-refractivity contribution in [3.63, 3.8) is 0 Å². The van der Waals surface area contributed by atoms with E-state index in [0.29, 0.717) is 11.1 Å². The van der Waals surface area contributed by atoms with Gasteiger partial charge in [-0.2, -0.15) is 0 Å². The molecule has 4 aliphatic rings. The molecule has 1 amide bonds. The van der Waals surface area contributed by atoms with Crippen LogP contribution in [0.4, 0.5) is 0 Å². The molecule has 1 heterocycles. The zero-order chi connectivity index (χ0) is 48.3. The molecule has 16 heteroatoms. The fourth-order valence-electron chi connectivity index (χ4n) is 10.7. The molecule has 3 aromatic rings. The second-order valence-corrected chi connectivity index (χ2v) is 34.3. The van der Waals surface area contributed by atoms with E-state index in [4.69, 9.17) is 23.7 Å². The van der Waals surface area contributed by atoms with Gasteiger partial charge >= 0.3 is 205 Å². The van der Waals surface area contributed by atoms with Gasteiger partial charge in [0.05, 0.1) is 29.6 Å². The molecule has 7 rings (SSSR count). The van der Waals surface area contributed by atoms with Crippen molar-refractivity contribution >= 4 is 57.5 Å². The third kappa shape index (κ3) is 8.39. The van der Waals surface area contributed by atoms with Gasteiger partial charge in [0.1, 0.15) is 12.2 Å². The number of amides is 1. The van der Waals surface area contributed by atoms with Crippen LogP contribution in [0.5, 0.6) is 0 Å². The standard InChI is InChI=1S/C47H50NO14.3CH3.Sn/c1-25-31(60-43(56)36(52)35(28-16-10-7-11-17-28)48-41(54)29-18-12-8-13-19-29)23-47(57)40(61-42(55)30-20-14-9-15-21-30)38-45(6,32(51)22-33-46(38,24-58-33)62-27(3)50)39(53)37(59-26(2)49)34(25)44(47,4)5;;;;/h7-12,14-21,31-33,35-38,40,51-52,57H,22-24H2,1-6H3,(H,48,54);3*1H3;/t31-,32-,33+,35-,36+,37+,38-,40-,45+,46-,47+;;;;/m0..../s1. The Morgan fingerprint density at radius 2 is 1.47 bits per heavy atom. The Kier molecular flexibility index (Phi) is 13.3. The third-order valence-electron chi connectivity index (χ3n) is 14.4. The molecule has 3 fully saturated rings. The minimum Gasteiger partial charge on any atom is -0.454 e. The first kappa shape index (κ1) is 49.0. The number of rotatable bonds is 11. The maximum absolute atomic E-state index is 15.6. The summed E-state index contributed by atoms with van der Waals surface area (Å²) in [7, 11) is 0. The molecule has 0 aromatic heterocycles. The molecule has 352 valence electrons. The van der Waals surface area contributed by atoms with Gasteiger partial charge < -0.3 is 29.2 Å². The molecule has 4 N–H and O–H groups in total. The third-order valence-corrected chi connectivity index (χ3v) is 20.3. The quantitative estimate of drug-likeness (QED) is 0.0912. The van der Waals surface area contributed by atoms with Crippen LogP contribution in [0.25, 0.3) is 0 Å². The van der Waals surface area contributed by atoms with Gasteiger partial charge in [0, 0.05) is 25.7 Å². The Morgan fingerprint density at radius 1 is 0.848 bits per heavy atom. The van der Waals surface area contributed by atoms with E-state index in [1.165, 1.54) is 26.0 Å². The van der Waals surface area contributed by atoms with Gasteiger partial charge in [-0.1, -0.05) is 32.0 Å². The summed E-state index contributed by atoms with van der Waals surface area (Å²) in [5.41, 5.74) is -6.93. The van der Waals surface area contributed by atoms with Crippen LogP contribution in [-0.2, 0) is 42.9 Å². The Labute approximate surface area is 388 Å². The monoisotopic (exact) mass is 1020 g/mol. The molecule has 1 aliphatic heterocycles. The van der Waals surface area contributed by atoms with Crippen molar-refractivity contribution in [1.82, 2.24) is 5.32 Å². The fourth-order valence-corrected chi connectivity index (χ4v) is 14.1. The van der Waals surface area contributed by atoms with E-state index in [-0.39, 0.29) is 29.7 Å². The van der Waals surface area contributed by atoms with E-state index >= 15 is 4.79 Å². The summed E-state index contributed by atoms with van der Waals surface area (Å²) in [4.78, 5) is 91.1. The number of hydrogen-bond donors (Lipinski definition) is 4. The number of ether oxygens (including phenoxy) is 5. The summed E-state index contributed by atoms with van der Waals surface area (Å²) in [6.45, 7) is 8.02. The zero-order valence-corrected chi connectivity index (χ0v) is 41.5. The molecule has 0 spiro atoms. The SMILES string of the molecule is CC(=O)O[C@H]1C(=O)[C@@]2(C)[C@H]([C@H](OC(=O)c3ccccc3)[C@]3(O)C[C@H](OC(=O)[C@H](O)[C@@H](NC(=O)c4ccc[c]([Sn]([CH3])([CH3])[CH3])c4)c4ccccc4)C(C)=C1C3(C)C)[C@]1(OC(C)=O)CO[C@@H]1C[C@@H]2O. The molecule has 0 radical (unpaired) electrons. The van der Waals surface area contributed by atoms with Gasteiger partial charge in [-0.3, -0.25) is 14.4 Å². The summed E-state index contributed by atoms with van der Waals surface area (Å²) < 4.78 is 31.6. The number of Topliss-reactive ketones (excluding diaryl/α,β-unsaturated/α-hetero) is 1. The van der Waals surface area contributed by atoms with Crippen LogP contribution in [0.3, 0.4) is 0 Å². The molecule has 0 unspecified atom stereocenters. The average molecular weight is 1020 g/mol. The van der Waals surface area contributed by atoms with Gasteiger partial charge in [-0.25, -0.2) is 4.79 Å². The Hall–Kier alpha value is -4.94. The van der Waals surface area contributed by atoms with Crippen LogP contribution in [0, 0.1) is 16.7 Å². The van der Waals surface area contributed by atoms with Crippen LogP contribution < -0.4 is 8.90 Å². The van der Waals surface area contributed by atoms with Gasteiger partial charge in [0.15, 0.2) is 17.5 Å². The first-order chi connectivity index (χ1) is 30.9. The second-order valence-electron chi connectivity index (χ2n) is 19.8. The Morgan fingerprint density at radius 3 is 2.05 bits per heavy atom. The van der Waals surface area contributed by atoms with Crippen LogP contribution in [0.2, 0.25) is 14.8 Å². The average Bonchev–Trinajstić information content (AvgIpc) is 3.26. The van der Waals surface area contributed by atoms with Crippen LogP contribution in [-0.4, -0.2) is 124 Å². The van der Waals surface area contributed by atoms with Crippen molar-refractivity contribution in [2.24, 2.45) is 16.7 Å². The van der Waals surface area contributed by atoms with E-state index in [0.717, 1.165) is 17.4 Å². The summed E-state index contributed by atoms with van der Waals surface area (Å²) in [5.74, 6) is -6.78. The Bertz CT molecular complexity index is 2450.